The fraction of sp³-hybridized carbons (Fsp3) is 0.812. The van der Waals surface area contributed by atoms with Gasteiger partial charge in [0.15, 0.2) is 0 Å². The van der Waals surface area contributed by atoms with Crippen LogP contribution in [0.4, 0.5) is 5.69 Å². The Balaban J connectivity index is 1.76. The maximum absolute atomic E-state index is 4.69. The summed E-state index contributed by atoms with van der Waals surface area (Å²) in [5, 5.41) is 8.49. The van der Waals surface area contributed by atoms with Crippen molar-refractivity contribution in [2.24, 2.45) is 0 Å². The standard InChI is InChI=1S/C16H28N4/c1-10(2)20-12(4)16(11(3)18-20)17-13-8-14-6-7-15(9-13)19(14)5/h10,13-15,17H,6-9H2,1-5H3. The Morgan fingerprint density at radius 2 is 1.75 bits per heavy atom. The zero-order valence-electron chi connectivity index (χ0n) is 13.5. The highest BCUT2D eigenvalue weighted by Crippen LogP contribution is 2.36. The van der Waals surface area contributed by atoms with Crippen molar-refractivity contribution >= 4 is 5.69 Å². The van der Waals surface area contributed by atoms with E-state index in [9.17, 15) is 0 Å². The molecular formula is C16H28N4. The van der Waals surface area contributed by atoms with Crippen molar-refractivity contribution in [3.63, 3.8) is 0 Å². The van der Waals surface area contributed by atoms with E-state index in [1.165, 1.54) is 37.1 Å². The van der Waals surface area contributed by atoms with Gasteiger partial charge in [0, 0.05) is 24.2 Å². The van der Waals surface area contributed by atoms with Crippen molar-refractivity contribution in [2.45, 2.75) is 77.5 Å². The molecule has 2 aliphatic heterocycles. The number of nitrogens with zero attached hydrogens (tertiary/aromatic N) is 3. The van der Waals surface area contributed by atoms with Gasteiger partial charge in [0.05, 0.1) is 17.1 Å². The Morgan fingerprint density at radius 3 is 2.25 bits per heavy atom. The van der Waals surface area contributed by atoms with Crippen molar-refractivity contribution in [2.75, 3.05) is 12.4 Å². The number of nitrogens with one attached hydrogen (secondary N) is 1. The number of hydrogen-bond donors (Lipinski definition) is 1. The van der Waals surface area contributed by atoms with Gasteiger partial charge in [0.25, 0.3) is 0 Å². The minimum Gasteiger partial charge on any atom is -0.379 e. The molecule has 0 radical (unpaired) electrons. The number of piperidine rings is 1. The van der Waals surface area contributed by atoms with Crippen LogP contribution < -0.4 is 5.32 Å². The van der Waals surface area contributed by atoms with Gasteiger partial charge in [-0.2, -0.15) is 5.10 Å². The summed E-state index contributed by atoms with van der Waals surface area (Å²) in [7, 11) is 2.30. The van der Waals surface area contributed by atoms with E-state index in [1.807, 2.05) is 0 Å². The topological polar surface area (TPSA) is 33.1 Å². The van der Waals surface area contributed by atoms with Crippen LogP contribution in [0, 0.1) is 13.8 Å². The van der Waals surface area contributed by atoms with Crippen LogP contribution in [-0.2, 0) is 0 Å². The molecule has 4 nitrogen and oxygen atoms in total. The van der Waals surface area contributed by atoms with Gasteiger partial charge in [-0.3, -0.25) is 4.68 Å². The van der Waals surface area contributed by atoms with Gasteiger partial charge in [0.1, 0.15) is 0 Å². The van der Waals surface area contributed by atoms with E-state index < -0.39 is 0 Å². The van der Waals surface area contributed by atoms with Crippen LogP contribution in [0.2, 0.25) is 0 Å². The summed E-state index contributed by atoms with van der Waals surface area (Å²) in [6.45, 7) is 8.70. The molecule has 2 atom stereocenters. The van der Waals surface area contributed by atoms with Crippen molar-refractivity contribution in [3.05, 3.63) is 11.4 Å². The minimum absolute atomic E-state index is 0.429. The third kappa shape index (κ3) is 2.24. The smallest absolute Gasteiger partial charge is 0.0828 e. The number of anilines is 1. The van der Waals surface area contributed by atoms with E-state index in [-0.39, 0.29) is 0 Å². The lowest BCUT2D eigenvalue weighted by molar-refractivity contribution is 0.169. The molecule has 2 saturated heterocycles. The van der Waals surface area contributed by atoms with Crippen LogP contribution >= 0.6 is 0 Å². The molecule has 3 rings (SSSR count). The number of hydrogen-bond acceptors (Lipinski definition) is 3. The largest absolute Gasteiger partial charge is 0.379 e. The van der Waals surface area contributed by atoms with E-state index in [0.717, 1.165) is 17.8 Å². The van der Waals surface area contributed by atoms with E-state index in [1.54, 1.807) is 0 Å². The average Bonchev–Trinajstić information content (AvgIpc) is 2.77. The van der Waals surface area contributed by atoms with Gasteiger partial charge >= 0.3 is 0 Å². The molecule has 20 heavy (non-hydrogen) atoms. The third-order valence-corrected chi connectivity index (χ3v) is 5.26. The van der Waals surface area contributed by atoms with Crippen molar-refractivity contribution in [1.29, 1.82) is 0 Å². The molecule has 2 unspecified atom stereocenters. The molecule has 0 amide bonds. The molecule has 0 saturated carbocycles. The SMILES string of the molecule is Cc1nn(C(C)C)c(C)c1NC1CC2CCC(C1)N2C. The van der Waals surface area contributed by atoms with Gasteiger partial charge < -0.3 is 10.2 Å². The normalized spacial score (nSPS) is 30.2. The molecule has 3 heterocycles. The van der Waals surface area contributed by atoms with E-state index in [0.29, 0.717) is 12.1 Å². The molecule has 1 aromatic rings. The number of aromatic nitrogens is 2. The van der Waals surface area contributed by atoms with Crippen LogP contribution in [0.1, 0.15) is 57.0 Å². The zero-order chi connectivity index (χ0) is 14.4. The Labute approximate surface area is 122 Å². The fourth-order valence-corrected chi connectivity index (χ4v) is 4.11. The molecule has 1 aromatic heterocycles. The Bertz CT molecular complexity index is 477. The molecule has 1 N–H and O–H groups in total. The highest BCUT2D eigenvalue weighted by molar-refractivity contribution is 5.53. The van der Waals surface area contributed by atoms with Gasteiger partial charge in [-0.15, -0.1) is 0 Å². The minimum atomic E-state index is 0.429. The summed E-state index contributed by atoms with van der Waals surface area (Å²) >= 11 is 0. The number of fused-ring (bicyclic) bond motifs is 2. The second-order valence-corrected chi connectivity index (χ2v) is 6.95. The van der Waals surface area contributed by atoms with E-state index >= 15 is 0 Å². The lowest BCUT2D eigenvalue weighted by Crippen LogP contribution is -2.44. The summed E-state index contributed by atoms with van der Waals surface area (Å²) < 4.78 is 2.14. The molecule has 0 aromatic carbocycles. The summed E-state index contributed by atoms with van der Waals surface area (Å²) in [6, 6.07) is 2.61. The first kappa shape index (κ1) is 13.9. The van der Waals surface area contributed by atoms with Gasteiger partial charge in [-0.1, -0.05) is 0 Å². The second kappa shape index (κ2) is 5.06. The molecule has 2 fully saturated rings. The van der Waals surface area contributed by atoms with Gasteiger partial charge in [-0.05, 0) is 60.4 Å². The maximum Gasteiger partial charge on any atom is 0.0828 e. The molecule has 0 spiro atoms. The summed E-state index contributed by atoms with van der Waals surface area (Å²) in [4.78, 5) is 2.59. The summed E-state index contributed by atoms with van der Waals surface area (Å²) in [5.74, 6) is 0. The van der Waals surface area contributed by atoms with Gasteiger partial charge in [-0.25, -0.2) is 0 Å². The zero-order valence-corrected chi connectivity index (χ0v) is 13.5. The Hall–Kier alpha value is -1.03. The fourth-order valence-electron chi connectivity index (χ4n) is 4.11. The predicted molar refractivity (Wildman–Crippen MR) is 83.3 cm³/mol. The second-order valence-electron chi connectivity index (χ2n) is 6.95. The Kier molecular flexibility index (Phi) is 3.53. The van der Waals surface area contributed by atoms with E-state index in [4.69, 9.17) is 0 Å². The Morgan fingerprint density at radius 1 is 1.15 bits per heavy atom. The van der Waals surface area contributed by atoms with Crippen LogP contribution in [0.25, 0.3) is 0 Å². The number of rotatable bonds is 3. The molecule has 4 heteroatoms. The van der Waals surface area contributed by atoms with Crippen LogP contribution in [0.15, 0.2) is 0 Å². The monoisotopic (exact) mass is 276 g/mol. The first-order valence-corrected chi connectivity index (χ1v) is 8.01. The molecule has 2 aliphatic rings. The first-order chi connectivity index (χ1) is 9.47. The van der Waals surface area contributed by atoms with Crippen LogP contribution in [0.5, 0.6) is 0 Å². The van der Waals surface area contributed by atoms with E-state index in [2.05, 4.69) is 54.7 Å². The quantitative estimate of drug-likeness (QED) is 0.921. The first-order valence-electron chi connectivity index (χ1n) is 8.01. The highest BCUT2D eigenvalue weighted by atomic mass is 15.3. The number of aryl methyl sites for hydroxylation is 1. The molecule has 2 bridgehead atoms. The van der Waals surface area contributed by atoms with Gasteiger partial charge in [0.2, 0.25) is 0 Å². The van der Waals surface area contributed by atoms with Crippen molar-refractivity contribution in [3.8, 4) is 0 Å². The summed E-state index contributed by atoms with van der Waals surface area (Å²) in [6.07, 6.45) is 5.31. The highest BCUT2D eigenvalue weighted by Gasteiger charge is 2.38. The summed E-state index contributed by atoms with van der Waals surface area (Å²) in [5.41, 5.74) is 3.69. The van der Waals surface area contributed by atoms with Crippen molar-refractivity contribution in [1.82, 2.24) is 14.7 Å². The lowest BCUT2D eigenvalue weighted by Gasteiger charge is -2.37. The predicted octanol–water partition coefficient (Wildman–Crippen LogP) is 3.12. The third-order valence-electron chi connectivity index (χ3n) is 5.26. The molecule has 112 valence electrons. The molecule has 0 aliphatic carbocycles. The average molecular weight is 276 g/mol. The maximum atomic E-state index is 4.69. The molecular weight excluding hydrogens is 248 g/mol. The van der Waals surface area contributed by atoms with Crippen LogP contribution in [0.3, 0.4) is 0 Å². The lowest BCUT2D eigenvalue weighted by atomic mass is 9.97. The van der Waals surface area contributed by atoms with Crippen molar-refractivity contribution < 1.29 is 0 Å². The van der Waals surface area contributed by atoms with Crippen LogP contribution in [-0.4, -0.2) is 39.9 Å².